The lowest BCUT2D eigenvalue weighted by Crippen LogP contribution is -1.98. The van der Waals surface area contributed by atoms with Crippen LogP contribution in [0.25, 0.3) is 0 Å². The second kappa shape index (κ2) is 4.86. The summed E-state index contributed by atoms with van der Waals surface area (Å²) in [6, 6.07) is 10.4. The lowest BCUT2D eigenvalue weighted by molar-refractivity contribution is 0.754. The average Bonchev–Trinajstić information content (AvgIpc) is 2.68. The molecule has 0 bridgehead atoms. The first-order chi connectivity index (χ1) is 7.31. The molecule has 1 aromatic carbocycles. The minimum absolute atomic E-state index is 0.370. The van der Waals surface area contributed by atoms with Gasteiger partial charge < -0.3 is 0 Å². The molecule has 0 aliphatic carbocycles. The van der Waals surface area contributed by atoms with Crippen LogP contribution in [0.4, 0.5) is 0 Å². The van der Waals surface area contributed by atoms with E-state index < -0.39 is 0 Å². The summed E-state index contributed by atoms with van der Waals surface area (Å²) in [6.45, 7) is 2.17. The Balaban J connectivity index is 2.33. The van der Waals surface area contributed by atoms with Crippen LogP contribution in [-0.4, -0.2) is 10.2 Å². The van der Waals surface area contributed by atoms with Gasteiger partial charge in [-0.2, -0.15) is 0 Å². The van der Waals surface area contributed by atoms with Gasteiger partial charge in [0.1, 0.15) is 5.01 Å². The van der Waals surface area contributed by atoms with Gasteiger partial charge in [0.2, 0.25) is 0 Å². The predicted octanol–water partition coefficient (Wildman–Crippen LogP) is 3.84. The first-order valence-electron chi connectivity index (χ1n) is 4.85. The van der Waals surface area contributed by atoms with Crippen LogP contribution in [0.1, 0.15) is 29.8 Å². The fourth-order valence-electron chi connectivity index (χ4n) is 1.59. The second-order valence-corrected chi connectivity index (χ2v) is 5.55. The lowest BCUT2D eigenvalue weighted by Gasteiger charge is -2.10. The molecule has 0 aliphatic rings. The van der Waals surface area contributed by atoms with E-state index >= 15 is 0 Å². The van der Waals surface area contributed by atoms with Crippen LogP contribution >= 0.6 is 27.3 Å². The van der Waals surface area contributed by atoms with E-state index in [0.717, 1.165) is 15.3 Å². The third-order valence-electron chi connectivity index (χ3n) is 2.32. The molecule has 2 nitrogen and oxygen atoms in total. The SMILES string of the molecule is CCC(c1ccccc1)c1nnc(Br)s1. The molecule has 2 rings (SSSR count). The monoisotopic (exact) mass is 282 g/mol. The molecule has 0 spiro atoms. The van der Waals surface area contributed by atoms with Gasteiger partial charge in [-0.1, -0.05) is 48.6 Å². The molecule has 0 radical (unpaired) electrons. The molecule has 0 saturated carbocycles. The number of hydrogen-bond acceptors (Lipinski definition) is 3. The number of hydrogen-bond donors (Lipinski definition) is 0. The van der Waals surface area contributed by atoms with Crippen molar-refractivity contribution in [2.75, 3.05) is 0 Å². The second-order valence-electron chi connectivity index (χ2n) is 3.26. The third kappa shape index (κ3) is 2.44. The Bertz CT molecular complexity index is 427. The largest absolute Gasteiger partial charge is 0.183 e. The molecule has 2 aromatic rings. The van der Waals surface area contributed by atoms with Crippen molar-refractivity contribution in [1.82, 2.24) is 10.2 Å². The molecular weight excluding hydrogens is 272 g/mol. The van der Waals surface area contributed by atoms with Crippen molar-refractivity contribution in [1.29, 1.82) is 0 Å². The Morgan fingerprint density at radius 3 is 2.53 bits per heavy atom. The van der Waals surface area contributed by atoms with Gasteiger partial charge in [-0.05, 0) is 27.9 Å². The summed E-state index contributed by atoms with van der Waals surface area (Å²) in [7, 11) is 0. The molecule has 1 unspecified atom stereocenters. The molecule has 15 heavy (non-hydrogen) atoms. The minimum atomic E-state index is 0.370. The zero-order chi connectivity index (χ0) is 10.7. The van der Waals surface area contributed by atoms with E-state index in [9.17, 15) is 0 Å². The summed E-state index contributed by atoms with van der Waals surface area (Å²) in [5.74, 6) is 0.370. The topological polar surface area (TPSA) is 25.8 Å². The van der Waals surface area contributed by atoms with Gasteiger partial charge in [-0.3, -0.25) is 0 Å². The van der Waals surface area contributed by atoms with Crippen LogP contribution in [0.2, 0.25) is 0 Å². The Hall–Kier alpha value is -0.740. The maximum atomic E-state index is 4.18. The highest BCUT2D eigenvalue weighted by molar-refractivity contribution is 9.11. The fourth-order valence-corrected chi connectivity index (χ4v) is 2.95. The van der Waals surface area contributed by atoms with Gasteiger partial charge in [0.05, 0.1) is 0 Å². The molecule has 0 saturated heterocycles. The van der Waals surface area contributed by atoms with Gasteiger partial charge in [0.15, 0.2) is 3.92 Å². The third-order valence-corrected chi connectivity index (χ3v) is 3.79. The van der Waals surface area contributed by atoms with E-state index in [2.05, 4.69) is 57.3 Å². The summed E-state index contributed by atoms with van der Waals surface area (Å²) in [5.41, 5.74) is 1.31. The Kier molecular flexibility index (Phi) is 3.49. The summed E-state index contributed by atoms with van der Waals surface area (Å²) in [6.07, 6.45) is 1.05. The highest BCUT2D eigenvalue weighted by Crippen LogP contribution is 2.31. The standard InChI is InChI=1S/C11H11BrN2S/c1-2-9(8-6-4-3-5-7-8)10-13-14-11(12)15-10/h3-7,9H,2H2,1H3. The molecule has 78 valence electrons. The zero-order valence-corrected chi connectivity index (χ0v) is 10.8. The van der Waals surface area contributed by atoms with Gasteiger partial charge in [-0.15, -0.1) is 10.2 Å². The average molecular weight is 283 g/mol. The molecule has 0 fully saturated rings. The van der Waals surface area contributed by atoms with Gasteiger partial charge in [0, 0.05) is 5.92 Å². The van der Waals surface area contributed by atoms with Gasteiger partial charge in [0.25, 0.3) is 0 Å². The van der Waals surface area contributed by atoms with Crippen LogP contribution in [0.15, 0.2) is 34.2 Å². The fraction of sp³-hybridized carbons (Fsp3) is 0.273. The maximum Gasteiger partial charge on any atom is 0.183 e. The summed E-state index contributed by atoms with van der Waals surface area (Å²) in [4.78, 5) is 0. The molecule has 1 heterocycles. The molecule has 0 aliphatic heterocycles. The van der Waals surface area contributed by atoms with Crippen LogP contribution in [0, 0.1) is 0 Å². The molecular formula is C11H11BrN2S. The number of aromatic nitrogens is 2. The van der Waals surface area contributed by atoms with Crippen LogP contribution in [0.3, 0.4) is 0 Å². The van der Waals surface area contributed by atoms with Crippen LogP contribution in [0.5, 0.6) is 0 Å². The van der Waals surface area contributed by atoms with E-state index in [0.29, 0.717) is 5.92 Å². The van der Waals surface area contributed by atoms with E-state index in [1.54, 1.807) is 11.3 Å². The van der Waals surface area contributed by atoms with E-state index in [4.69, 9.17) is 0 Å². The van der Waals surface area contributed by atoms with Crippen molar-refractivity contribution in [3.8, 4) is 0 Å². The minimum Gasteiger partial charge on any atom is -0.142 e. The number of nitrogens with zero attached hydrogens (tertiary/aromatic N) is 2. The molecule has 1 aromatic heterocycles. The number of benzene rings is 1. The lowest BCUT2D eigenvalue weighted by atomic mass is 9.97. The van der Waals surface area contributed by atoms with Crippen LogP contribution in [-0.2, 0) is 0 Å². The van der Waals surface area contributed by atoms with E-state index in [1.807, 2.05) is 6.07 Å². The normalized spacial score (nSPS) is 12.7. The Morgan fingerprint density at radius 1 is 1.27 bits per heavy atom. The quantitative estimate of drug-likeness (QED) is 0.855. The molecule has 4 heteroatoms. The summed E-state index contributed by atoms with van der Waals surface area (Å²) in [5, 5.41) is 9.26. The van der Waals surface area contributed by atoms with Crippen molar-refractivity contribution >= 4 is 27.3 Å². The predicted molar refractivity (Wildman–Crippen MR) is 66.2 cm³/mol. The van der Waals surface area contributed by atoms with Gasteiger partial charge >= 0.3 is 0 Å². The van der Waals surface area contributed by atoms with Crippen molar-refractivity contribution in [3.05, 3.63) is 44.8 Å². The smallest absolute Gasteiger partial charge is 0.142 e. The highest BCUT2D eigenvalue weighted by atomic mass is 79.9. The molecule has 0 amide bonds. The summed E-state index contributed by atoms with van der Waals surface area (Å²) < 4.78 is 0.854. The number of rotatable bonds is 3. The first-order valence-corrected chi connectivity index (χ1v) is 6.46. The highest BCUT2D eigenvalue weighted by Gasteiger charge is 2.16. The van der Waals surface area contributed by atoms with Crippen molar-refractivity contribution < 1.29 is 0 Å². The zero-order valence-electron chi connectivity index (χ0n) is 8.35. The van der Waals surface area contributed by atoms with Gasteiger partial charge in [-0.25, -0.2) is 0 Å². The van der Waals surface area contributed by atoms with Crippen molar-refractivity contribution in [2.24, 2.45) is 0 Å². The molecule has 0 N–H and O–H groups in total. The molecule has 1 atom stereocenters. The number of halogens is 1. The summed E-state index contributed by atoms with van der Waals surface area (Å²) >= 11 is 4.96. The first kappa shape index (κ1) is 10.8. The Morgan fingerprint density at radius 2 is 2.00 bits per heavy atom. The van der Waals surface area contributed by atoms with E-state index in [1.165, 1.54) is 5.56 Å². The van der Waals surface area contributed by atoms with Crippen molar-refractivity contribution in [3.63, 3.8) is 0 Å². The van der Waals surface area contributed by atoms with Crippen molar-refractivity contribution in [2.45, 2.75) is 19.3 Å². The van der Waals surface area contributed by atoms with Crippen LogP contribution < -0.4 is 0 Å². The maximum absolute atomic E-state index is 4.18. The Labute approximate surface area is 101 Å². The van der Waals surface area contributed by atoms with E-state index in [-0.39, 0.29) is 0 Å².